The SMILES string of the molecule is O=C(CN1CCN(c2cc(-c3cccc(O)c3)nc(N3CCOCC3)n2)CC1)N1CCOCC1. The third-order valence-electron chi connectivity index (χ3n) is 6.56. The number of carbonyl (C=O) groups is 1. The molecule has 4 heterocycles. The number of phenolic OH excluding ortho intramolecular Hbond substituents is 1. The van der Waals surface area contributed by atoms with Crippen LogP contribution in [-0.2, 0) is 14.3 Å². The van der Waals surface area contributed by atoms with E-state index in [4.69, 9.17) is 19.4 Å². The number of hydrogen-bond acceptors (Lipinski definition) is 9. The summed E-state index contributed by atoms with van der Waals surface area (Å²) in [7, 11) is 0. The van der Waals surface area contributed by atoms with Crippen molar-refractivity contribution in [1.82, 2.24) is 19.8 Å². The third-order valence-corrected chi connectivity index (χ3v) is 6.56. The zero-order chi connectivity index (χ0) is 23.3. The molecule has 0 saturated carbocycles. The Labute approximate surface area is 199 Å². The lowest BCUT2D eigenvalue weighted by atomic mass is 10.1. The normalized spacial score (nSPS) is 19.9. The fourth-order valence-corrected chi connectivity index (χ4v) is 4.54. The third kappa shape index (κ3) is 5.40. The molecule has 182 valence electrons. The first kappa shape index (κ1) is 22.8. The first-order valence-corrected chi connectivity index (χ1v) is 12.0. The van der Waals surface area contributed by atoms with Crippen molar-refractivity contribution in [2.75, 3.05) is 95.1 Å². The lowest BCUT2D eigenvalue weighted by Gasteiger charge is -2.37. The Balaban J connectivity index is 1.30. The summed E-state index contributed by atoms with van der Waals surface area (Å²) in [5.41, 5.74) is 1.64. The highest BCUT2D eigenvalue weighted by molar-refractivity contribution is 5.78. The van der Waals surface area contributed by atoms with Crippen molar-refractivity contribution >= 4 is 17.7 Å². The quantitative estimate of drug-likeness (QED) is 0.679. The van der Waals surface area contributed by atoms with Crippen LogP contribution >= 0.6 is 0 Å². The van der Waals surface area contributed by atoms with E-state index in [0.717, 1.165) is 56.3 Å². The van der Waals surface area contributed by atoms with Crippen LogP contribution in [0.3, 0.4) is 0 Å². The number of aromatic nitrogens is 2. The van der Waals surface area contributed by atoms with Gasteiger partial charge in [0.25, 0.3) is 0 Å². The molecule has 0 radical (unpaired) electrons. The van der Waals surface area contributed by atoms with Gasteiger partial charge in [-0.05, 0) is 12.1 Å². The minimum atomic E-state index is 0.180. The van der Waals surface area contributed by atoms with Crippen LogP contribution in [0.4, 0.5) is 11.8 Å². The van der Waals surface area contributed by atoms with E-state index in [2.05, 4.69) is 14.7 Å². The van der Waals surface area contributed by atoms with Gasteiger partial charge in [-0.1, -0.05) is 12.1 Å². The highest BCUT2D eigenvalue weighted by Crippen LogP contribution is 2.28. The molecule has 3 aliphatic heterocycles. The van der Waals surface area contributed by atoms with Crippen LogP contribution in [0, 0.1) is 0 Å². The summed E-state index contributed by atoms with van der Waals surface area (Å²) in [5, 5.41) is 9.98. The molecule has 2 aromatic rings. The van der Waals surface area contributed by atoms with Crippen molar-refractivity contribution in [3.8, 4) is 17.0 Å². The van der Waals surface area contributed by atoms with Crippen LogP contribution in [0.15, 0.2) is 30.3 Å². The second kappa shape index (κ2) is 10.5. The van der Waals surface area contributed by atoms with Gasteiger partial charge in [0.2, 0.25) is 11.9 Å². The summed E-state index contributed by atoms with van der Waals surface area (Å²) in [6.45, 7) is 9.06. The predicted molar refractivity (Wildman–Crippen MR) is 128 cm³/mol. The van der Waals surface area contributed by atoms with Crippen LogP contribution in [0.1, 0.15) is 0 Å². The van der Waals surface area contributed by atoms with Crippen LogP contribution in [0.2, 0.25) is 0 Å². The molecule has 10 nitrogen and oxygen atoms in total. The lowest BCUT2D eigenvalue weighted by molar-refractivity contribution is -0.136. The van der Waals surface area contributed by atoms with Crippen molar-refractivity contribution in [3.63, 3.8) is 0 Å². The molecule has 10 heteroatoms. The van der Waals surface area contributed by atoms with Crippen LogP contribution in [-0.4, -0.2) is 116 Å². The van der Waals surface area contributed by atoms with Crippen molar-refractivity contribution in [2.45, 2.75) is 0 Å². The predicted octanol–water partition coefficient (Wildman–Crippen LogP) is 0.667. The molecule has 3 saturated heterocycles. The highest BCUT2D eigenvalue weighted by atomic mass is 16.5. The number of carbonyl (C=O) groups excluding carboxylic acids is 1. The zero-order valence-corrected chi connectivity index (χ0v) is 19.4. The molecule has 1 N–H and O–H groups in total. The van der Waals surface area contributed by atoms with Crippen LogP contribution in [0.25, 0.3) is 11.3 Å². The van der Waals surface area contributed by atoms with Crippen molar-refractivity contribution in [3.05, 3.63) is 30.3 Å². The Kier molecular flexibility index (Phi) is 7.08. The van der Waals surface area contributed by atoms with E-state index in [0.29, 0.717) is 52.0 Å². The Bertz CT molecular complexity index is 985. The van der Waals surface area contributed by atoms with Crippen molar-refractivity contribution in [1.29, 1.82) is 0 Å². The molecule has 5 rings (SSSR count). The molecular weight excluding hydrogens is 436 g/mol. The van der Waals surface area contributed by atoms with Gasteiger partial charge in [-0.25, -0.2) is 4.98 Å². The van der Waals surface area contributed by atoms with Gasteiger partial charge in [-0.15, -0.1) is 0 Å². The molecule has 1 amide bonds. The highest BCUT2D eigenvalue weighted by Gasteiger charge is 2.25. The van der Waals surface area contributed by atoms with Crippen LogP contribution < -0.4 is 9.80 Å². The average molecular weight is 469 g/mol. The van der Waals surface area contributed by atoms with E-state index in [9.17, 15) is 9.90 Å². The van der Waals surface area contributed by atoms with Crippen LogP contribution in [0.5, 0.6) is 5.75 Å². The second-order valence-electron chi connectivity index (χ2n) is 8.82. The molecule has 1 aromatic heterocycles. The van der Waals surface area contributed by atoms with Gasteiger partial charge in [0.15, 0.2) is 0 Å². The number of phenols is 1. The number of ether oxygens (including phenoxy) is 2. The molecule has 0 atom stereocenters. The van der Waals surface area contributed by atoms with Crippen molar-refractivity contribution in [2.24, 2.45) is 0 Å². The number of anilines is 2. The van der Waals surface area contributed by atoms with E-state index >= 15 is 0 Å². The molecule has 1 aromatic carbocycles. The molecule has 0 unspecified atom stereocenters. The fraction of sp³-hybridized carbons (Fsp3) is 0.542. The van der Waals surface area contributed by atoms with Gasteiger partial charge in [0.05, 0.1) is 38.7 Å². The lowest BCUT2D eigenvalue weighted by Crippen LogP contribution is -2.51. The number of morpholine rings is 2. The maximum atomic E-state index is 12.6. The number of benzene rings is 1. The topological polar surface area (TPSA) is 94.5 Å². The first-order valence-electron chi connectivity index (χ1n) is 12.0. The fourth-order valence-electron chi connectivity index (χ4n) is 4.54. The Morgan fingerprint density at radius 2 is 1.56 bits per heavy atom. The standard InChI is InChI=1S/C24H32N6O4/c31-20-3-1-2-19(16-20)21-17-22(26-24(25-21)30-10-14-34-15-11-30)28-6-4-27(5-7-28)18-23(32)29-8-12-33-13-9-29/h1-3,16-17,31H,4-15,18H2. The molecule has 0 aliphatic carbocycles. The minimum Gasteiger partial charge on any atom is -0.508 e. The number of aromatic hydroxyl groups is 1. The van der Waals surface area contributed by atoms with E-state index in [1.54, 1.807) is 12.1 Å². The van der Waals surface area contributed by atoms with E-state index in [1.165, 1.54) is 0 Å². The largest absolute Gasteiger partial charge is 0.508 e. The summed E-state index contributed by atoms with van der Waals surface area (Å²) >= 11 is 0. The summed E-state index contributed by atoms with van der Waals surface area (Å²) in [6.07, 6.45) is 0. The number of nitrogens with zero attached hydrogens (tertiary/aromatic N) is 6. The Hall–Kier alpha value is -2.95. The van der Waals surface area contributed by atoms with Gasteiger partial charge in [0.1, 0.15) is 11.6 Å². The van der Waals surface area contributed by atoms with Gasteiger partial charge < -0.3 is 29.3 Å². The summed E-state index contributed by atoms with van der Waals surface area (Å²) in [5.74, 6) is 1.95. The molecule has 34 heavy (non-hydrogen) atoms. The average Bonchev–Trinajstić information content (AvgIpc) is 2.90. The maximum Gasteiger partial charge on any atom is 0.236 e. The summed E-state index contributed by atoms with van der Waals surface area (Å²) < 4.78 is 10.9. The van der Waals surface area contributed by atoms with E-state index < -0.39 is 0 Å². The summed E-state index contributed by atoms with van der Waals surface area (Å²) in [4.78, 5) is 30.9. The van der Waals surface area contributed by atoms with Gasteiger partial charge >= 0.3 is 0 Å². The summed E-state index contributed by atoms with van der Waals surface area (Å²) in [6, 6.07) is 9.15. The van der Waals surface area contributed by atoms with Gasteiger partial charge in [-0.3, -0.25) is 9.69 Å². The first-order chi connectivity index (χ1) is 16.7. The Morgan fingerprint density at radius 3 is 2.26 bits per heavy atom. The van der Waals surface area contributed by atoms with Gasteiger partial charge in [-0.2, -0.15) is 4.98 Å². The number of hydrogen-bond donors (Lipinski definition) is 1. The molecule has 0 bridgehead atoms. The molecular formula is C24H32N6O4. The number of piperazine rings is 1. The minimum absolute atomic E-state index is 0.180. The maximum absolute atomic E-state index is 12.6. The second-order valence-corrected chi connectivity index (χ2v) is 8.82. The zero-order valence-electron chi connectivity index (χ0n) is 19.4. The monoisotopic (exact) mass is 468 g/mol. The molecule has 3 aliphatic rings. The molecule has 0 spiro atoms. The van der Waals surface area contributed by atoms with E-state index in [-0.39, 0.29) is 11.7 Å². The van der Waals surface area contributed by atoms with Gasteiger partial charge in [0, 0.05) is 64.0 Å². The van der Waals surface area contributed by atoms with E-state index in [1.807, 2.05) is 23.1 Å². The number of amides is 1. The van der Waals surface area contributed by atoms with Crippen molar-refractivity contribution < 1.29 is 19.4 Å². The number of rotatable bonds is 5. The Morgan fingerprint density at radius 1 is 0.853 bits per heavy atom. The smallest absolute Gasteiger partial charge is 0.236 e. The molecule has 3 fully saturated rings.